The molecule has 1 unspecified atom stereocenters. The fourth-order valence-electron chi connectivity index (χ4n) is 2.26. The molecule has 1 fully saturated rings. The third-order valence-corrected chi connectivity index (χ3v) is 6.94. The van der Waals surface area contributed by atoms with Gasteiger partial charge in [-0.1, -0.05) is 0 Å². The van der Waals surface area contributed by atoms with E-state index in [1.165, 1.54) is 6.07 Å². The van der Waals surface area contributed by atoms with Crippen molar-refractivity contribution < 1.29 is 23.1 Å². The lowest BCUT2D eigenvalue weighted by atomic mass is 9.95. The highest BCUT2D eigenvalue weighted by molar-refractivity contribution is 9.11. The van der Waals surface area contributed by atoms with Crippen LogP contribution in [-0.4, -0.2) is 37.7 Å². The van der Waals surface area contributed by atoms with E-state index in [0.29, 0.717) is 23.2 Å². The molecule has 2 rings (SSSR count). The van der Waals surface area contributed by atoms with Gasteiger partial charge in [-0.15, -0.1) is 11.3 Å². The summed E-state index contributed by atoms with van der Waals surface area (Å²) < 4.78 is 33.3. The third-order valence-electron chi connectivity index (χ3n) is 3.17. The maximum Gasteiger partial charge on any atom is 0.345 e. The first-order valence-electron chi connectivity index (χ1n) is 6.30. The molecule has 1 aliphatic rings. The van der Waals surface area contributed by atoms with Gasteiger partial charge in [0, 0.05) is 12.6 Å². The van der Waals surface area contributed by atoms with Gasteiger partial charge in [-0.05, 0) is 48.7 Å². The van der Waals surface area contributed by atoms with E-state index in [4.69, 9.17) is 9.84 Å². The van der Waals surface area contributed by atoms with Gasteiger partial charge >= 0.3 is 5.97 Å². The molecule has 2 heterocycles. The van der Waals surface area contributed by atoms with Crippen LogP contribution in [0.25, 0.3) is 0 Å². The van der Waals surface area contributed by atoms with Crippen LogP contribution in [0.3, 0.4) is 0 Å². The number of thiophene rings is 1. The fraction of sp³-hybridized carbons (Fsp3) is 0.583. The molecule has 1 aromatic rings. The number of ether oxygens (including phenoxy) is 1. The Morgan fingerprint density at radius 1 is 1.57 bits per heavy atom. The number of hydrogen-bond donors (Lipinski definition) is 2. The van der Waals surface area contributed by atoms with Crippen molar-refractivity contribution in [3.8, 4) is 0 Å². The monoisotopic (exact) mass is 397 g/mol. The molecule has 0 amide bonds. The minimum Gasteiger partial charge on any atom is -0.477 e. The van der Waals surface area contributed by atoms with Crippen molar-refractivity contribution in [3.05, 3.63) is 14.7 Å². The van der Waals surface area contributed by atoms with Crippen LogP contribution in [0, 0.1) is 0 Å². The SMILES string of the molecule is CC1(C)CC(NS(=O)(=O)c2cc(C(=O)O)sc2Br)CCO1. The van der Waals surface area contributed by atoms with Crippen LogP contribution >= 0.6 is 27.3 Å². The topological polar surface area (TPSA) is 92.7 Å². The third kappa shape index (κ3) is 4.04. The van der Waals surface area contributed by atoms with E-state index in [-0.39, 0.29) is 21.4 Å². The molecule has 0 radical (unpaired) electrons. The summed E-state index contributed by atoms with van der Waals surface area (Å²) >= 11 is 4.00. The fourth-order valence-corrected chi connectivity index (χ4v) is 5.93. The summed E-state index contributed by atoms with van der Waals surface area (Å²) in [6.45, 7) is 4.32. The van der Waals surface area contributed by atoms with E-state index in [0.717, 1.165) is 11.3 Å². The summed E-state index contributed by atoms with van der Waals surface area (Å²) in [6, 6.07) is 0.947. The second-order valence-electron chi connectivity index (χ2n) is 5.47. The van der Waals surface area contributed by atoms with E-state index in [9.17, 15) is 13.2 Å². The molecule has 0 aliphatic carbocycles. The Morgan fingerprint density at radius 2 is 2.24 bits per heavy atom. The molecule has 1 aromatic heterocycles. The van der Waals surface area contributed by atoms with Gasteiger partial charge in [0.15, 0.2) is 0 Å². The smallest absolute Gasteiger partial charge is 0.345 e. The normalized spacial score (nSPS) is 22.1. The molecule has 1 aliphatic heterocycles. The number of rotatable bonds is 4. The molecule has 0 saturated carbocycles. The van der Waals surface area contributed by atoms with Gasteiger partial charge in [-0.2, -0.15) is 0 Å². The second-order valence-corrected chi connectivity index (χ2v) is 9.53. The Kier molecular flexibility index (Phi) is 4.79. The van der Waals surface area contributed by atoms with Gasteiger partial charge in [0.2, 0.25) is 10.0 Å². The summed E-state index contributed by atoms with van der Waals surface area (Å²) in [6.07, 6.45) is 1.16. The minimum absolute atomic E-state index is 0.0189. The second kappa shape index (κ2) is 5.96. The van der Waals surface area contributed by atoms with E-state index < -0.39 is 16.0 Å². The Hall–Kier alpha value is -0.480. The molecule has 0 spiro atoms. The lowest BCUT2D eigenvalue weighted by Gasteiger charge is -2.35. The molecule has 0 aromatic carbocycles. The molecule has 118 valence electrons. The predicted molar refractivity (Wildman–Crippen MR) is 82.4 cm³/mol. The Labute approximate surface area is 135 Å². The van der Waals surface area contributed by atoms with Crippen LogP contribution in [0.5, 0.6) is 0 Å². The van der Waals surface area contributed by atoms with Gasteiger partial charge in [0.1, 0.15) is 9.77 Å². The number of halogens is 1. The largest absolute Gasteiger partial charge is 0.477 e. The van der Waals surface area contributed by atoms with Crippen molar-refractivity contribution in [2.45, 2.75) is 43.2 Å². The van der Waals surface area contributed by atoms with Gasteiger partial charge < -0.3 is 9.84 Å². The number of hydrogen-bond acceptors (Lipinski definition) is 5. The first kappa shape index (κ1) is 16.9. The molecule has 21 heavy (non-hydrogen) atoms. The van der Waals surface area contributed by atoms with E-state index in [1.54, 1.807) is 0 Å². The zero-order valence-electron chi connectivity index (χ0n) is 11.6. The van der Waals surface area contributed by atoms with Crippen LogP contribution in [0.4, 0.5) is 0 Å². The summed E-state index contributed by atoms with van der Waals surface area (Å²) in [5.74, 6) is -1.14. The van der Waals surface area contributed by atoms with Gasteiger partial charge in [-0.25, -0.2) is 17.9 Å². The lowest BCUT2D eigenvalue weighted by molar-refractivity contribution is -0.0599. The molecule has 1 saturated heterocycles. The first-order chi connectivity index (χ1) is 9.61. The predicted octanol–water partition coefficient (Wildman–Crippen LogP) is 2.44. The van der Waals surface area contributed by atoms with Crippen molar-refractivity contribution in [1.82, 2.24) is 4.72 Å². The number of nitrogens with one attached hydrogen (secondary N) is 1. The Morgan fingerprint density at radius 3 is 2.76 bits per heavy atom. The molecule has 6 nitrogen and oxygen atoms in total. The lowest BCUT2D eigenvalue weighted by Crippen LogP contribution is -2.45. The highest BCUT2D eigenvalue weighted by Gasteiger charge is 2.33. The summed E-state index contributed by atoms with van der Waals surface area (Å²) in [7, 11) is -3.76. The highest BCUT2D eigenvalue weighted by atomic mass is 79.9. The molecule has 0 bridgehead atoms. The average Bonchev–Trinajstić information content (AvgIpc) is 2.70. The maximum atomic E-state index is 12.4. The van der Waals surface area contributed by atoms with E-state index in [2.05, 4.69) is 20.7 Å². The molecular weight excluding hydrogens is 382 g/mol. The number of carbonyl (C=O) groups is 1. The molecular formula is C12H16BrNO5S2. The van der Waals surface area contributed by atoms with E-state index in [1.807, 2.05) is 13.8 Å². The quantitative estimate of drug-likeness (QED) is 0.813. The van der Waals surface area contributed by atoms with Crippen LogP contribution in [0.2, 0.25) is 0 Å². The Bertz CT molecular complexity index is 653. The number of sulfonamides is 1. The van der Waals surface area contributed by atoms with Gasteiger partial charge in [-0.3, -0.25) is 0 Å². The summed E-state index contributed by atoms with van der Waals surface area (Å²) in [5, 5.41) is 8.94. The highest BCUT2D eigenvalue weighted by Crippen LogP contribution is 2.33. The van der Waals surface area contributed by atoms with Crippen molar-refractivity contribution in [3.63, 3.8) is 0 Å². The van der Waals surface area contributed by atoms with E-state index >= 15 is 0 Å². The van der Waals surface area contributed by atoms with Crippen molar-refractivity contribution in [2.75, 3.05) is 6.61 Å². The summed E-state index contributed by atoms with van der Waals surface area (Å²) in [4.78, 5) is 10.9. The van der Waals surface area contributed by atoms with Crippen LogP contribution in [0.1, 0.15) is 36.4 Å². The maximum absolute atomic E-state index is 12.4. The Balaban J connectivity index is 2.20. The molecule has 2 N–H and O–H groups in total. The average molecular weight is 398 g/mol. The van der Waals surface area contributed by atoms with Gasteiger partial charge in [0.05, 0.1) is 9.39 Å². The van der Waals surface area contributed by atoms with Crippen LogP contribution in [-0.2, 0) is 14.8 Å². The van der Waals surface area contributed by atoms with Crippen molar-refractivity contribution in [2.24, 2.45) is 0 Å². The van der Waals surface area contributed by atoms with Crippen LogP contribution < -0.4 is 4.72 Å². The summed E-state index contributed by atoms with van der Waals surface area (Å²) in [5.41, 5.74) is -0.371. The van der Waals surface area contributed by atoms with Crippen molar-refractivity contribution >= 4 is 43.3 Å². The van der Waals surface area contributed by atoms with Crippen LogP contribution in [0.15, 0.2) is 14.7 Å². The standard InChI is InChI=1S/C12H16BrNO5S2/c1-12(2)6-7(3-4-19-12)14-21(17,18)9-5-8(11(15)16)20-10(9)13/h5,7,14H,3-4,6H2,1-2H3,(H,15,16). The first-order valence-corrected chi connectivity index (χ1v) is 9.39. The van der Waals surface area contributed by atoms with Crippen molar-refractivity contribution in [1.29, 1.82) is 0 Å². The number of carboxylic acids is 1. The number of aromatic carboxylic acids is 1. The van der Waals surface area contributed by atoms with Gasteiger partial charge in [0.25, 0.3) is 0 Å². The number of carboxylic acid groups (broad SMARTS) is 1. The zero-order chi connectivity index (χ0) is 15.8. The minimum atomic E-state index is -3.76. The molecule has 1 atom stereocenters. The zero-order valence-corrected chi connectivity index (χ0v) is 14.8. The molecule has 9 heteroatoms.